The molecule has 0 bridgehead atoms. The number of ether oxygens (including phenoxy) is 1. The minimum absolute atomic E-state index is 0.0209. The fraction of sp³-hybridized carbons (Fsp3) is 0.222. The standard InChI is InChI=1S/C27H23ClN6O4/c28-17-6-4-16(5-7-17)20-2-1-9-34(20)27(37)18-12-29-24-23(18)31-14-32-25(24)26(36)30-11-15-3-8-21-19(10-15)33-22(35)13-38-21/h3-8,10,12,14,20,29H,1-2,9,11,13H2,(H,30,36)(H,33,35). The first kappa shape index (κ1) is 23.9. The van der Waals surface area contributed by atoms with Crippen molar-refractivity contribution >= 4 is 46.0 Å². The van der Waals surface area contributed by atoms with Crippen LogP contribution < -0.4 is 15.4 Å². The number of H-pyrrole nitrogens is 1. The summed E-state index contributed by atoms with van der Waals surface area (Å²) in [4.78, 5) is 51.6. The van der Waals surface area contributed by atoms with E-state index in [0.29, 0.717) is 39.6 Å². The van der Waals surface area contributed by atoms with Crippen molar-refractivity contribution in [3.05, 3.63) is 82.4 Å². The Balaban J connectivity index is 1.21. The summed E-state index contributed by atoms with van der Waals surface area (Å²) in [5.74, 6) is -0.224. The predicted molar refractivity (Wildman–Crippen MR) is 140 cm³/mol. The van der Waals surface area contributed by atoms with Crippen molar-refractivity contribution in [1.29, 1.82) is 0 Å². The van der Waals surface area contributed by atoms with Crippen LogP contribution in [0.1, 0.15) is 50.9 Å². The van der Waals surface area contributed by atoms with E-state index in [1.54, 1.807) is 18.3 Å². The molecule has 1 saturated heterocycles. The van der Waals surface area contributed by atoms with Gasteiger partial charge in [0.25, 0.3) is 17.7 Å². The fourth-order valence-corrected chi connectivity index (χ4v) is 5.10. The Morgan fingerprint density at radius 1 is 1.16 bits per heavy atom. The van der Waals surface area contributed by atoms with E-state index in [-0.39, 0.29) is 36.7 Å². The van der Waals surface area contributed by atoms with Crippen LogP contribution >= 0.6 is 11.6 Å². The summed E-state index contributed by atoms with van der Waals surface area (Å²) in [7, 11) is 0. The number of likely N-dealkylation sites (tertiary alicyclic amines) is 1. The molecule has 4 heterocycles. The van der Waals surface area contributed by atoms with Crippen LogP contribution in [0.2, 0.25) is 5.02 Å². The minimum Gasteiger partial charge on any atom is -0.482 e. The Hall–Kier alpha value is -4.44. The molecule has 192 valence electrons. The quantitative estimate of drug-likeness (QED) is 0.359. The van der Waals surface area contributed by atoms with E-state index in [1.807, 2.05) is 35.2 Å². The molecule has 3 N–H and O–H groups in total. The van der Waals surface area contributed by atoms with E-state index < -0.39 is 5.91 Å². The number of benzene rings is 2. The molecular weight excluding hydrogens is 508 g/mol. The largest absolute Gasteiger partial charge is 0.482 e. The number of aromatic amines is 1. The van der Waals surface area contributed by atoms with E-state index in [0.717, 1.165) is 24.0 Å². The highest BCUT2D eigenvalue weighted by Gasteiger charge is 2.32. The average Bonchev–Trinajstić information content (AvgIpc) is 3.59. The third-order valence-corrected chi connectivity index (χ3v) is 7.06. The topological polar surface area (TPSA) is 129 Å². The summed E-state index contributed by atoms with van der Waals surface area (Å²) in [6.07, 6.45) is 4.62. The Morgan fingerprint density at radius 3 is 2.84 bits per heavy atom. The molecule has 1 atom stereocenters. The maximum absolute atomic E-state index is 13.6. The summed E-state index contributed by atoms with van der Waals surface area (Å²) in [6, 6.07) is 12.8. The Bertz CT molecular complexity index is 1570. The molecule has 1 fully saturated rings. The van der Waals surface area contributed by atoms with E-state index in [1.165, 1.54) is 6.33 Å². The number of anilines is 1. The molecule has 2 aromatic heterocycles. The summed E-state index contributed by atoms with van der Waals surface area (Å²) >= 11 is 6.04. The van der Waals surface area contributed by atoms with Gasteiger partial charge in [-0.25, -0.2) is 9.97 Å². The SMILES string of the molecule is O=C1COc2ccc(CNC(=O)c3ncnc4c(C(=O)N5CCCC5c5ccc(Cl)cc5)c[nH]c34)cc2N1. The lowest BCUT2D eigenvalue weighted by Crippen LogP contribution is -2.30. The third kappa shape index (κ3) is 4.43. The number of nitrogens with one attached hydrogen (secondary N) is 3. The molecule has 10 nitrogen and oxygen atoms in total. The Morgan fingerprint density at radius 2 is 2.00 bits per heavy atom. The van der Waals surface area contributed by atoms with Crippen molar-refractivity contribution in [3.63, 3.8) is 0 Å². The minimum atomic E-state index is -0.420. The number of rotatable bonds is 5. The van der Waals surface area contributed by atoms with Gasteiger partial charge in [0.05, 0.1) is 22.8 Å². The number of aromatic nitrogens is 3. The van der Waals surface area contributed by atoms with E-state index in [4.69, 9.17) is 16.3 Å². The van der Waals surface area contributed by atoms with Crippen molar-refractivity contribution in [2.75, 3.05) is 18.5 Å². The van der Waals surface area contributed by atoms with Gasteiger partial charge in [0.15, 0.2) is 12.3 Å². The highest BCUT2D eigenvalue weighted by Crippen LogP contribution is 2.35. The molecule has 11 heteroatoms. The molecule has 1 unspecified atom stereocenters. The zero-order valence-electron chi connectivity index (χ0n) is 20.2. The number of fused-ring (bicyclic) bond motifs is 2. The molecular formula is C27H23ClN6O4. The van der Waals surface area contributed by atoms with Gasteiger partial charge in [0, 0.05) is 24.3 Å². The second-order valence-electron chi connectivity index (χ2n) is 9.21. The van der Waals surface area contributed by atoms with Crippen LogP contribution in [0.5, 0.6) is 5.75 Å². The fourth-order valence-electron chi connectivity index (χ4n) is 4.98. The molecule has 3 amide bonds. The van der Waals surface area contributed by atoms with Crippen molar-refractivity contribution < 1.29 is 19.1 Å². The van der Waals surface area contributed by atoms with Crippen LogP contribution in [0.15, 0.2) is 55.0 Å². The van der Waals surface area contributed by atoms with Gasteiger partial charge in [-0.1, -0.05) is 29.8 Å². The summed E-state index contributed by atoms with van der Waals surface area (Å²) in [5, 5.41) is 6.24. The van der Waals surface area contributed by atoms with Gasteiger partial charge >= 0.3 is 0 Å². The smallest absolute Gasteiger partial charge is 0.272 e. The maximum Gasteiger partial charge on any atom is 0.272 e. The monoisotopic (exact) mass is 530 g/mol. The molecule has 0 radical (unpaired) electrons. The van der Waals surface area contributed by atoms with Gasteiger partial charge in [-0.05, 0) is 48.2 Å². The van der Waals surface area contributed by atoms with Crippen molar-refractivity contribution in [3.8, 4) is 5.75 Å². The van der Waals surface area contributed by atoms with E-state index >= 15 is 0 Å². The number of amides is 3. The first-order valence-electron chi connectivity index (χ1n) is 12.2. The van der Waals surface area contributed by atoms with Crippen LogP contribution in [-0.2, 0) is 11.3 Å². The summed E-state index contributed by atoms with van der Waals surface area (Å²) in [5.41, 5.74) is 3.68. The molecule has 38 heavy (non-hydrogen) atoms. The van der Waals surface area contributed by atoms with E-state index in [2.05, 4.69) is 25.6 Å². The maximum atomic E-state index is 13.6. The molecule has 0 spiro atoms. The highest BCUT2D eigenvalue weighted by molar-refractivity contribution is 6.30. The number of nitrogens with zero attached hydrogens (tertiary/aromatic N) is 3. The second kappa shape index (κ2) is 9.79. The number of carbonyl (C=O) groups is 3. The van der Waals surface area contributed by atoms with Gasteiger partial charge in [0.2, 0.25) is 0 Å². The zero-order chi connectivity index (χ0) is 26.2. The highest BCUT2D eigenvalue weighted by atomic mass is 35.5. The molecule has 0 aliphatic carbocycles. The Labute approximate surface area is 222 Å². The van der Waals surface area contributed by atoms with Crippen LogP contribution in [0.4, 0.5) is 5.69 Å². The lowest BCUT2D eigenvalue weighted by molar-refractivity contribution is -0.118. The number of halogens is 1. The second-order valence-corrected chi connectivity index (χ2v) is 9.64. The van der Waals surface area contributed by atoms with Crippen LogP contribution in [0.25, 0.3) is 11.0 Å². The van der Waals surface area contributed by atoms with Gasteiger partial charge in [0.1, 0.15) is 17.6 Å². The molecule has 6 rings (SSSR count). The number of carbonyl (C=O) groups excluding carboxylic acids is 3. The van der Waals surface area contributed by atoms with Crippen molar-refractivity contribution in [1.82, 2.24) is 25.2 Å². The summed E-state index contributed by atoms with van der Waals surface area (Å²) in [6.45, 7) is 0.812. The predicted octanol–water partition coefficient (Wildman–Crippen LogP) is 3.85. The lowest BCUT2D eigenvalue weighted by atomic mass is 10.0. The first-order valence-corrected chi connectivity index (χ1v) is 12.6. The van der Waals surface area contributed by atoms with Gasteiger partial charge in [-0.2, -0.15) is 0 Å². The first-order chi connectivity index (χ1) is 18.5. The molecule has 2 aliphatic heterocycles. The van der Waals surface area contributed by atoms with E-state index in [9.17, 15) is 14.4 Å². The molecule has 4 aromatic rings. The van der Waals surface area contributed by atoms with Gasteiger partial charge in [-0.15, -0.1) is 0 Å². The van der Waals surface area contributed by atoms with Gasteiger partial charge in [-0.3, -0.25) is 14.4 Å². The van der Waals surface area contributed by atoms with Crippen LogP contribution in [-0.4, -0.2) is 50.7 Å². The molecule has 2 aromatic carbocycles. The van der Waals surface area contributed by atoms with Gasteiger partial charge < -0.3 is 25.3 Å². The van der Waals surface area contributed by atoms with Crippen LogP contribution in [0, 0.1) is 0 Å². The molecule has 0 saturated carbocycles. The van der Waals surface area contributed by atoms with Crippen LogP contribution in [0.3, 0.4) is 0 Å². The number of hydrogen-bond acceptors (Lipinski definition) is 6. The summed E-state index contributed by atoms with van der Waals surface area (Å²) < 4.78 is 5.37. The zero-order valence-corrected chi connectivity index (χ0v) is 20.9. The van der Waals surface area contributed by atoms with Crippen molar-refractivity contribution in [2.24, 2.45) is 0 Å². The van der Waals surface area contributed by atoms with Crippen molar-refractivity contribution in [2.45, 2.75) is 25.4 Å². The molecule has 2 aliphatic rings. The lowest BCUT2D eigenvalue weighted by Gasteiger charge is -2.25. The third-order valence-electron chi connectivity index (χ3n) is 6.81. The normalized spacial score (nSPS) is 16.6. The Kier molecular flexibility index (Phi) is 6.16. The average molecular weight is 531 g/mol. The number of hydrogen-bond donors (Lipinski definition) is 3.